The summed E-state index contributed by atoms with van der Waals surface area (Å²) in [6, 6.07) is 21.3. The van der Waals surface area contributed by atoms with Crippen LogP contribution in [0.5, 0.6) is 0 Å². The van der Waals surface area contributed by atoms with Crippen LogP contribution in [0.1, 0.15) is 5.76 Å². The van der Waals surface area contributed by atoms with Gasteiger partial charge in [-0.05, 0) is 34.7 Å². The molecule has 0 aliphatic carbocycles. The molecule has 0 saturated carbocycles. The zero-order valence-electron chi connectivity index (χ0n) is 18.5. The van der Waals surface area contributed by atoms with Crippen LogP contribution in [0, 0.1) is 0 Å². The molecule has 36 heavy (non-hydrogen) atoms. The van der Waals surface area contributed by atoms with E-state index in [0.29, 0.717) is 22.7 Å². The van der Waals surface area contributed by atoms with Crippen LogP contribution in [0.2, 0.25) is 0 Å². The molecule has 1 N–H and O–H groups in total. The molecular formula is C24H17N7O5. The van der Waals surface area contributed by atoms with E-state index in [2.05, 4.69) is 31.0 Å². The highest BCUT2D eigenvalue weighted by Crippen LogP contribution is 2.22. The maximum absolute atomic E-state index is 13.0. The molecular weight excluding hydrogens is 466 g/mol. The van der Waals surface area contributed by atoms with Gasteiger partial charge in [0.1, 0.15) is 5.76 Å². The molecule has 0 radical (unpaired) electrons. The van der Waals surface area contributed by atoms with Crippen molar-refractivity contribution in [2.75, 3.05) is 11.9 Å². The van der Waals surface area contributed by atoms with Gasteiger partial charge in [-0.25, -0.2) is 4.79 Å². The van der Waals surface area contributed by atoms with E-state index in [1.165, 1.54) is 17.0 Å². The van der Waals surface area contributed by atoms with Crippen molar-refractivity contribution in [2.24, 2.45) is 0 Å². The van der Waals surface area contributed by atoms with Crippen LogP contribution < -0.4 is 5.32 Å². The van der Waals surface area contributed by atoms with Gasteiger partial charge < -0.3 is 13.6 Å². The average molecular weight is 483 g/mol. The Hall–Kier alpha value is -5.39. The lowest BCUT2D eigenvalue weighted by Gasteiger charge is -2.09. The molecule has 0 atom stereocenters. The lowest BCUT2D eigenvalue weighted by molar-refractivity contribution is -0.141. The van der Waals surface area contributed by atoms with E-state index in [1.54, 1.807) is 36.4 Å². The fourth-order valence-electron chi connectivity index (χ4n) is 3.16. The molecule has 12 nitrogen and oxygen atoms in total. The Bertz CT molecular complexity index is 1490. The molecule has 0 bridgehead atoms. The quantitative estimate of drug-likeness (QED) is 0.257. The Kier molecular flexibility index (Phi) is 6.38. The van der Waals surface area contributed by atoms with Gasteiger partial charge >= 0.3 is 12.0 Å². The van der Waals surface area contributed by atoms with Crippen molar-refractivity contribution in [3.63, 3.8) is 0 Å². The molecule has 5 rings (SSSR count). The summed E-state index contributed by atoms with van der Waals surface area (Å²) in [6.07, 6.45) is 2.86. The smallest absolute Gasteiger partial charge is 0.357 e. The summed E-state index contributed by atoms with van der Waals surface area (Å²) in [5, 5.41) is 21.7. The van der Waals surface area contributed by atoms with Gasteiger partial charge in [-0.2, -0.15) is 4.68 Å². The highest BCUT2D eigenvalue weighted by molar-refractivity contribution is 6.16. The number of furan rings is 1. The SMILES string of the molecule is O=C(COC(=O)/C(=C\c1ccco1)n1nnnc1-c1ccccc1)Nc1nnc(-c2ccccc2)o1. The standard InChI is InChI=1S/C24H17N7O5/c32-20(25-24-28-27-22(36-24)17-10-5-2-6-11-17)15-35-23(33)19(14-18-12-7-13-34-18)31-21(26-29-30-31)16-8-3-1-4-9-16/h1-14H,15H2,(H,25,28,32)/b19-14+. The molecule has 178 valence electrons. The van der Waals surface area contributed by atoms with Crippen molar-refractivity contribution in [3.05, 3.63) is 84.8 Å². The number of nitrogens with one attached hydrogen (secondary N) is 1. The number of anilines is 1. The summed E-state index contributed by atoms with van der Waals surface area (Å²) >= 11 is 0. The van der Waals surface area contributed by atoms with Crippen LogP contribution in [0.25, 0.3) is 34.6 Å². The van der Waals surface area contributed by atoms with Gasteiger partial charge in [0.2, 0.25) is 5.89 Å². The third-order valence-corrected chi connectivity index (χ3v) is 4.79. The van der Waals surface area contributed by atoms with Gasteiger partial charge in [-0.15, -0.1) is 10.2 Å². The molecule has 0 fully saturated rings. The molecule has 0 aliphatic heterocycles. The minimum absolute atomic E-state index is 0.0641. The van der Waals surface area contributed by atoms with E-state index in [0.717, 1.165) is 0 Å². The number of carbonyl (C=O) groups is 2. The second-order valence-electron chi connectivity index (χ2n) is 7.23. The average Bonchev–Trinajstić information content (AvgIpc) is 3.69. The fourth-order valence-corrected chi connectivity index (χ4v) is 3.16. The van der Waals surface area contributed by atoms with Gasteiger partial charge in [0.25, 0.3) is 5.91 Å². The van der Waals surface area contributed by atoms with Gasteiger partial charge in [0, 0.05) is 17.2 Å². The number of esters is 1. The number of amides is 1. The molecule has 2 aromatic carbocycles. The maximum Gasteiger partial charge on any atom is 0.357 e. The predicted octanol–water partition coefficient (Wildman–Crippen LogP) is 3.16. The molecule has 12 heteroatoms. The Morgan fingerprint density at radius 1 is 0.917 bits per heavy atom. The van der Waals surface area contributed by atoms with Crippen molar-refractivity contribution in [1.29, 1.82) is 0 Å². The van der Waals surface area contributed by atoms with Crippen LogP contribution >= 0.6 is 0 Å². The third kappa shape index (κ3) is 5.07. The van der Waals surface area contributed by atoms with E-state index in [1.807, 2.05) is 36.4 Å². The van der Waals surface area contributed by atoms with Crippen LogP contribution in [0.4, 0.5) is 6.01 Å². The minimum Gasteiger partial charge on any atom is -0.465 e. The topological polar surface area (TPSA) is 151 Å². The predicted molar refractivity (Wildman–Crippen MR) is 125 cm³/mol. The molecule has 0 saturated heterocycles. The van der Waals surface area contributed by atoms with Crippen molar-refractivity contribution >= 4 is 29.7 Å². The highest BCUT2D eigenvalue weighted by Gasteiger charge is 2.22. The zero-order valence-corrected chi connectivity index (χ0v) is 18.5. The maximum atomic E-state index is 13.0. The highest BCUT2D eigenvalue weighted by atomic mass is 16.5. The molecule has 3 aromatic heterocycles. The van der Waals surface area contributed by atoms with E-state index in [-0.39, 0.29) is 17.6 Å². The number of hydrogen-bond donors (Lipinski definition) is 1. The lowest BCUT2D eigenvalue weighted by Crippen LogP contribution is -2.23. The minimum atomic E-state index is -0.860. The van der Waals surface area contributed by atoms with Crippen LogP contribution in [-0.4, -0.2) is 48.9 Å². The van der Waals surface area contributed by atoms with Gasteiger partial charge in [0.05, 0.1) is 6.26 Å². The summed E-state index contributed by atoms with van der Waals surface area (Å²) in [7, 11) is 0. The monoisotopic (exact) mass is 483 g/mol. The van der Waals surface area contributed by atoms with Gasteiger partial charge in [-0.1, -0.05) is 53.6 Å². The van der Waals surface area contributed by atoms with Crippen molar-refractivity contribution < 1.29 is 23.2 Å². The Labute approximate surface area is 203 Å². The molecule has 0 unspecified atom stereocenters. The van der Waals surface area contributed by atoms with Crippen molar-refractivity contribution in [2.45, 2.75) is 0 Å². The first kappa shape index (κ1) is 22.4. The largest absolute Gasteiger partial charge is 0.465 e. The van der Waals surface area contributed by atoms with E-state index in [4.69, 9.17) is 13.6 Å². The normalized spacial score (nSPS) is 11.3. The number of ether oxygens (including phenoxy) is 1. The fraction of sp³-hybridized carbons (Fsp3) is 0.0417. The first-order chi connectivity index (χ1) is 17.7. The van der Waals surface area contributed by atoms with Gasteiger partial charge in [-0.3, -0.25) is 10.1 Å². The molecule has 5 aromatic rings. The van der Waals surface area contributed by atoms with E-state index in [9.17, 15) is 9.59 Å². The Morgan fingerprint density at radius 2 is 1.67 bits per heavy atom. The summed E-state index contributed by atoms with van der Waals surface area (Å²) in [4.78, 5) is 25.4. The lowest BCUT2D eigenvalue weighted by atomic mass is 10.2. The van der Waals surface area contributed by atoms with E-state index < -0.39 is 18.5 Å². The van der Waals surface area contributed by atoms with Crippen LogP contribution in [0.3, 0.4) is 0 Å². The number of carbonyl (C=O) groups excluding carboxylic acids is 2. The second-order valence-corrected chi connectivity index (χ2v) is 7.23. The summed E-state index contributed by atoms with van der Waals surface area (Å²) in [5.41, 5.74) is 1.30. The van der Waals surface area contributed by atoms with E-state index >= 15 is 0 Å². The van der Waals surface area contributed by atoms with Crippen LogP contribution in [-0.2, 0) is 14.3 Å². The molecule has 0 spiro atoms. The van der Waals surface area contributed by atoms with Crippen molar-refractivity contribution in [3.8, 4) is 22.8 Å². The number of nitrogens with zero attached hydrogens (tertiary/aromatic N) is 6. The number of benzene rings is 2. The number of aromatic nitrogens is 6. The molecule has 1 amide bonds. The van der Waals surface area contributed by atoms with Gasteiger partial charge in [0.15, 0.2) is 18.1 Å². The molecule has 3 heterocycles. The summed E-state index contributed by atoms with van der Waals surface area (Å²) in [5.74, 6) is -0.640. The number of tetrazole rings is 1. The molecule has 0 aliphatic rings. The zero-order chi connectivity index (χ0) is 24.7. The first-order valence-electron chi connectivity index (χ1n) is 10.6. The third-order valence-electron chi connectivity index (χ3n) is 4.79. The number of rotatable bonds is 8. The summed E-state index contributed by atoms with van der Waals surface area (Å²) < 4.78 is 17.2. The van der Waals surface area contributed by atoms with Crippen molar-refractivity contribution in [1.82, 2.24) is 30.4 Å². The van der Waals surface area contributed by atoms with Crippen LogP contribution in [0.15, 0.2) is 87.9 Å². The first-order valence-corrected chi connectivity index (χ1v) is 10.6. The number of hydrogen-bond acceptors (Lipinski definition) is 10. The summed E-state index contributed by atoms with van der Waals surface area (Å²) in [6.45, 7) is -0.625. The second kappa shape index (κ2) is 10.3. The Morgan fingerprint density at radius 3 is 2.39 bits per heavy atom. The Balaban J connectivity index is 1.30.